The van der Waals surface area contributed by atoms with E-state index in [1.54, 1.807) is 24.3 Å². The van der Waals surface area contributed by atoms with Crippen LogP contribution in [-0.4, -0.2) is 67.7 Å². The Labute approximate surface area is 197 Å². The van der Waals surface area contributed by atoms with Gasteiger partial charge in [-0.3, -0.25) is 4.79 Å². The smallest absolute Gasteiger partial charge is 0.265 e. The highest BCUT2D eigenvalue weighted by Crippen LogP contribution is 2.29. The summed E-state index contributed by atoms with van der Waals surface area (Å²) in [5.74, 6) is 0.879. The van der Waals surface area contributed by atoms with E-state index < -0.39 is 15.9 Å². The molecule has 34 heavy (non-hydrogen) atoms. The summed E-state index contributed by atoms with van der Waals surface area (Å²) in [6, 6.07) is 9.52. The molecule has 1 unspecified atom stereocenters. The van der Waals surface area contributed by atoms with Gasteiger partial charge >= 0.3 is 0 Å². The van der Waals surface area contributed by atoms with E-state index in [0.717, 1.165) is 17.7 Å². The van der Waals surface area contributed by atoms with Gasteiger partial charge in [-0.25, -0.2) is 8.42 Å². The van der Waals surface area contributed by atoms with Crippen molar-refractivity contribution in [2.45, 2.75) is 24.7 Å². The maximum absolute atomic E-state index is 13.1. The molecule has 3 aromatic rings. The van der Waals surface area contributed by atoms with Gasteiger partial charge in [0.15, 0.2) is 18.1 Å². The van der Waals surface area contributed by atoms with E-state index >= 15 is 0 Å². The third-order valence-corrected chi connectivity index (χ3v) is 7.49. The quantitative estimate of drug-likeness (QED) is 0.509. The Morgan fingerprint density at radius 2 is 1.94 bits per heavy atom. The van der Waals surface area contributed by atoms with Gasteiger partial charge in [0.1, 0.15) is 11.0 Å². The van der Waals surface area contributed by atoms with Crippen molar-refractivity contribution < 1.29 is 27.5 Å². The third-order valence-electron chi connectivity index (χ3n) is 5.63. The van der Waals surface area contributed by atoms with Gasteiger partial charge in [-0.1, -0.05) is 11.8 Å². The van der Waals surface area contributed by atoms with Crippen molar-refractivity contribution in [3.63, 3.8) is 0 Å². The first-order valence-electron chi connectivity index (χ1n) is 10.8. The summed E-state index contributed by atoms with van der Waals surface area (Å²) in [4.78, 5) is 19.1. The largest absolute Gasteiger partial charge is 0.493 e. The topological polar surface area (TPSA) is 125 Å². The van der Waals surface area contributed by atoms with Crippen molar-refractivity contribution in [1.29, 1.82) is 0 Å². The van der Waals surface area contributed by atoms with Crippen LogP contribution in [0.15, 0.2) is 41.3 Å². The average Bonchev–Trinajstić information content (AvgIpc) is 3.25. The number of fused-ring (bicyclic) bond motifs is 1. The van der Waals surface area contributed by atoms with Gasteiger partial charge in [0.25, 0.3) is 5.91 Å². The van der Waals surface area contributed by atoms with Crippen LogP contribution in [0.4, 0.5) is 5.69 Å². The zero-order valence-electron chi connectivity index (χ0n) is 19.2. The number of benzene rings is 2. The molecule has 1 fully saturated rings. The van der Waals surface area contributed by atoms with Crippen LogP contribution in [0, 0.1) is 5.92 Å². The molecule has 1 aliphatic rings. The summed E-state index contributed by atoms with van der Waals surface area (Å²) in [6.07, 6.45) is 1.85. The Balaban J connectivity index is 1.47. The minimum Gasteiger partial charge on any atom is -0.493 e. The Hall–Kier alpha value is -3.38. The van der Waals surface area contributed by atoms with Gasteiger partial charge in [-0.2, -0.15) is 4.31 Å². The van der Waals surface area contributed by atoms with E-state index in [1.807, 2.05) is 6.92 Å². The summed E-state index contributed by atoms with van der Waals surface area (Å²) in [5, 5.41) is 10.6. The van der Waals surface area contributed by atoms with Crippen molar-refractivity contribution in [3.05, 3.63) is 36.4 Å². The molecule has 1 amide bonds. The molecule has 1 saturated heterocycles. The van der Waals surface area contributed by atoms with E-state index in [1.165, 1.54) is 30.7 Å². The number of carbonyl (C=O) groups excluding carboxylic acids is 1. The van der Waals surface area contributed by atoms with Gasteiger partial charge in [-0.15, -0.1) is 5.10 Å². The highest BCUT2D eigenvalue weighted by Gasteiger charge is 2.29. The highest BCUT2D eigenvalue weighted by molar-refractivity contribution is 7.89. The maximum atomic E-state index is 13.1. The molecule has 12 heteroatoms. The fourth-order valence-corrected chi connectivity index (χ4v) is 5.50. The number of carbonyl (C=O) groups is 1. The number of piperidine rings is 1. The van der Waals surface area contributed by atoms with Gasteiger partial charge in [0.2, 0.25) is 10.0 Å². The molecule has 0 spiro atoms. The second kappa shape index (κ2) is 9.85. The molecular weight excluding hydrogens is 462 g/mol. The summed E-state index contributed by atoms with van der Waals surface area (Å²) < 4.78 is 38.2. The number of rotatable bonds is 8. The van der Waals surface area contributed by atoms with Crippen molar-refractivity contribution in [2.75, 3.05) is 39.2 Å². The van der Waals surface area contributed by atoms with Crippen LogP contribution in [0.25, 0.3) is 11.0 Å². The number of aromatic nitrogens is 3. The number of anilines is 1. The van der Waals surface area contributed by atoms with E-state index in [-0.39, 0.29) is 11.5 Å². The Kier molecular flexibility index (Phi) is 6.89. The molecule has 0 saturated carbocycles. The SMILES string of the molecule is COc1ccc(NC(=O)COn2nnc3ccc(S(=O)(=O)N4CCCC(C)C4)cc32)cc1OC. The van der Waals surface area contributed by atoms with Crippen LogP contribution in [0.5, 0.6) is 11.5 Å². The molecule has 0 aliphatic carbocycles. The molecule has 0 bridgehead atoms. The second-order valence-electron chi connectivity index (χ2n) is 8.11. The molecule has 11 nitrogen and oxygen atoms in total. The van der Waals surface area contributed by atoms with Crippen LogP contribution in [0.1, 0.15) is 19.8 Å². The molecule has 1 aromatic heterocycles. The Morgan fingerprint density at radius 3 is 2.68 bits per heavy atom. The van der Waals surface area contributed by atoms with E-state index in [4.69, 9.17) is 14.3 Å². The zero-order valence-corrected chi connectivity index (χ0v) is 20.0. The van der Waals surface area contributed by atoms with Gasteiger partial charge in [-0.05, 0) is 54.3 Å². The average molecular weight is 490 g/mol. The van der Waals surface area contributed by atoms with E-state index in [9.17, 15) is 13.2 Å². The number of nitrogens with zero attached hydrogens (tertiary/aromatic N) is 4. The van der Waals surface area contributed by atoms with Crippen LogP contribution in [-0.2, 0) is 14.8 Å². The van der Waals surface area contributed by atoms with E-state index in [0.29, 0.717) is 47.2 Å². The standard InChI is InChI=1S/C22H27N5O6S/c1-15-5-4-10-26(13-15)34(29,30)17-7-8-18-19(12-17)27(25-24-18)33-14-22(28)23-16-6-9-20(31-2)21(11-16)32-3/h6-9,11-12,15H,4-5,10,13-14H2,1-3H3,(H,23,28). The lowest BCUT2D eigenvalue weighted by Gasteiger charge is -2.30. The van der Waals surface area contributed by atoms with Gasteiger partial charge in [0.05, 0.1) is 19.1 Å². The minimum absolute atomic E-state index is 0.135. The minimum atomic E-state index is -3.66. The number of ether oxygens (including phenoxy) is 2. The number of methoxy groups -OCH3 is 2. The van der Waals surface area contributed by atoms with Gasteiger partial charge < -0.3 is 19.6 Å². The summed E-state index contributed by atoms with van der Waals surface area (Å²) in [5.41, 5.74) is 1.30. The fourth-order valence-electron chi connectivity index (χ4n) is 3.88. The molecular formula is C22H27N5O6S. The first kappa shape index (κ1) is 23.8. The number of amides is 1. The maximum Gasteiger partial charge on any atom is 0.265 e. The summed E-state index contributed by atoms with van der Waals surface area (Å²) in [6.45, 7) is 2.66. The lowest BCUT2D eigenvalue weighted by Crippen LogP contribution is -2.39. The molecule has 182 valence electrons. The molecule has 1 aliphatic heterocycles. The molecule has 1 atom stereocenters. The van der Waals surface area contributed by atoms with Crippen molar-refractivity contribution in [1.82, 2.24) is 19.5 Å². The van der Waals surface area contributed by atoms with Crippen LogP contribution in [0.2, 0.25) is 0 Å². The second-order valence-corrected chi connectivity index (χ2v) is 10.1. The summed E-state index contributed by atoms with van der Waals surface area (Å²) in [7, 11) is -0.631. The first-order valence-corrected chi connectivity index (χ1v) is 12.3. The van der Waals surface area contributed by atoms with Crippen LogP contribution < -0.4 is 19.6 Å². The van der Waals surface area contributed by atoms with Crippen LogP contribution >= 0.6 is 0 Å². The number of nitrogens with one attached hydrogen (secondary N) is 1. The predicted molar refractivity (Wildman–Crippen MR) is 124 cm³/mol. The lowest BCUT2D eigenvalue weighted by atomic mass is 10.0. The third kappa shape index (κ3) is 4.92. The Morgan fingerprint density at radius 1 is 1.15 bits per heavy atom. The fraction of sp³-hybridized carbons (Fsp3) is 0.409. The van der Waals surface area contributed by atoms with Crippen molar-refractivity contribution in [3.8, 4) is 11.5 Å². The van der Waals surface area contributed by atoms with Crippen molar-refractivity contribution >= 4 is 32.7 Å². The van der Waals surface area contributed by atoms with Crippen molar-refractivity contribution in [2.24, 2.45) is 5.92 Å². The number of sulfonamides is 1. The first-order chi connectivity index (χ1) is 16.3. The van der Waals surface area contributed by atoms with Gasteiger partial charge in [0, 0.05) is 24.8 Å². The zero-order chi connectivity index (χ0) is 24.3. The number of hydrogen-bond acceptors (Lipinski definition) is 8. The monoisotopic (exact) mass is 489 g/mol. The summed E-state index contributed by atoms with van der Waals surface area (Å²) >= 11 is 0. The molecule has 0 radical (unpaired) electrons. The molecule has 4 rings (SSSR count). The highest BCUT2D eigenvalue weighted by atomic mass is 32.2. The molecule has 2 heterocycles. The number of hydrogen-bond donors (Lipinski definition) is 1. The normalized spacial score (nSPS) is 16.9. The lowest BCUT2D eigenvalue weighted by molar-refractivity contribution is -0.121. The predicted octanol–water partition coefficient (Wildman–Crippen LogP) is 1.94. The molecule has 2 aromatic carbocycles. The molecule has 1 N–H and O–H groups in total. The Bertz CT molecular complexity index is 1290. The van der Waals surface area contributed by atoms with E-state index in [2.05, 4.69) is 15.6 Å². The van der Waals surface area contributed by atoms with Crippen LogP contribution in [0.3, 0.4) is 0 Å².